The SMILES string of the molecule is O=c1[nH]c(CC2CC2)nc2c1CCN(Cc1ccc3cc[nH]c3c1)C2. The van der Waals surface area contributed by atoms with Crippen molar-refractivity contribution < 1.29 is 0 Å². The minimum Gasteiger partial charge on any atom is -0.361 e. The van der Waals surface area contributed by atoms with Crippen molar-refractivity contribution in [2.24, 2.45) is 5.92 Å². The second-order valence-corrected chi connectivity index (χ2v) is 7.45. The lowest BCUT2D eigenvalue weighted by molar-refractivity contribution is 0.240. The van der Waals surface area contributed by atoms with Crippen molar-refractivity contribution in [3.05, 3.63) is 63.5 Å². The zero-order valence-corrected chi connectivity index (χ0v) is 14.2. The minimum absolute atomic E-state index is 0.0769. The third-order valence-electron chi connectivity index (χ3n) is 5.41. The van der Waals surface area contributed by atoms with Crippen LogP contribution in [-0.2, 0) is 25.9 Å². The summed E-state index contributed by atoms with van der Waals surface area (Å²) < 4.78 is 0. The van der Waals surface area contributed by atoms with Crippen LogP contribution in [0.2, 0.25) is 0 Å². The van der Waals surface area contributed by atoms with E-state index in [1.807, 2.05) is 6.20 Å². The van der Waals surface area contributed by atoms with Gasteiger partial charge in [-0.3, -0.25) is 9.69 Å². The molecule has 2 aromatic heterocycles. The van der Waals surface area contributed by atoms with Gasteiger partial charge in [-0.15, -0.1) is 0 Å². The molecule has 25 heavy (non-hydrogen) atoms. The smallest absolute Gasteiger partial charge is 0.254 e. The van der Waals surface area contributed by atoms with Gasteiger partial charge in [0.25, 0.3) is 5.56 Å². The standard InChI is InChI=1S/C20H22N4O/c25-20-16-6-8-24(11-14-3-4-15-5-7-21-17(15)9-14)12-18(16)22-19(23-20)10-13-1-2-13/h3-5,7,9,13,21H,1-2,6,8,10-12H2,(H,22,23,25). The summed E-state index contributed by atoms with van der Waals surface area (Å²) in [6.07, 6.45) is 6.23. The molecule has 1 fully saturated rings. The van der Waals surface area contributed by atoms with Crippen molar-refractivity contribution >= 4 is 10.9 Å². The molecule has 0 radical (unpaired) electrons. The highest BCUT2D eigenvalue weighted by Gasteiger charge is 2.25. The van der Waals surface area contributed by atoms with E-state index in [4.69, 9.17) is 4.98 Å². The van der Waals surface area contributed by atoms with E-state index in [1.54, 1.807) is 0 Å². The summed E-state index contributed by atoms with van der Waals surface area (Å²) in [5.74, 6) is 1.61. The molecule has 3 heterocycles. The van der Waals surface area contributed by atoms with Crippen LogP contribution in [0.3, 0.4) is 0 Å². The van der Waals surface area contributed by atoms with Gasteiger partial charge in [0.15, 0.2) is 0 Å². The van der Waals surface area contributed by atoms with E-state index < -0.39 is 0 Å². The highest BCUT2D eigenvalue weighted by Crippen LogP contribution is 2.31. The highest BCUT2D eigenvalue weighted by atomic mass is 16.1. The van der Waals surface area contributed by atoms with E-state index in [0.717, 1.165) is 55.5 Å². The number of aromatic nitrogens is 3. The molecule has 128 valence electrons. The third kappa shape index (κ3) is 3.00. The van der Waals surface area contributed by atoms with Gasteiger partial charge in [-0.25, -0.2) is 4.98 Å². The van der Waals surface area contributed by atoms with Gasteiger partial charge in [-0.1, -0.05) is 12.1 Å². The van der Waals surface area contributed by atoms with Crippen LogP contribution in [0.15, 0.2) is 35.3 Å². The Kier molecular flexibility index (Phi) is 3.48. The van der Waals surface area contributed by atoms with Crippen molar-refractivity contribution in [1.29, 1.82) is 0 Å². The van der Waals surface area contributed by atoms with E-state index in [9.17, 15) is 4.79 Å². The Morgan fingerprint density at radius 2 is 2.16 bits per heavy atom. The molecule has 1 aliphatic carbocycles. The van der Waals surface area contributed by atoms with E-state index in [1.165, 1.54) is 29.3 Å². The minimum atomic E-state index is 0.0769. The summed E-state index contributed by atoms with van der Waals surface area (Å²) >= 11 is 0. The average Bonchev–Trinajstić information content (AvgIpc) is 3.28. The molecule has 5 rings (SSSR count). The van der Waals surface area contributed by atoms with Crippen LogP contribution >= 0.6 is 0 Å². The number of aromatic amines is 2. The molecule has 2 N–H and O–H groups in total. The van der Waals surface area contributed by atoms with Crippen molar-refractivity contribution in [2.75, 3.05) is 6.54 Å². The summed E-state index contributed by atoms with van der Waals surface area (Å²) in [7, 11) is 0. The van der Waals surface area contributed by atoms with Gasteiger partial charge in [-0.2, -0.15) is 0 Å². The van der Waals surface area contributed by atoms with Crippen LogP contribution in [0.1, 0.15) is 35.5 Å². The summed E-state index contributed by atoms with van der Waals surface area (Å²) in [6, 6.07) is 8.66. The lowest BCUT2D eigenvalue weighted by Gasteiger charge is -2.27. The molecule has 0 unspecified atom stereocenters. The molecule has 0 atom stereocenters. The summed E-state index contributed by atoms with van der Waals surface area (Å²) in [6.45, 7) is 2.56. The fourth-order valence-electron chi connectivity index (χ4n) is 3.82. The van der Waals surface area contributed by atoms with Crippen LogP contribution in [0.4, 0.5) is 0 Å². The molecule has 5 heteroatoms. The Morgan fingerprint density at radius 3 is 3.04 bits per heavy atom. The van der Waals surface area contributed by atoms with Gasteiger partial charge >= 0.3 is 0 Å². The summed E-state index contributed by atoms with van der Waals surface area (Å²) in [5, 5.41) is 1.24. The number of nitrogens with one attached hydrogen (secondary N) is 2. The lowest BCUT2D eigenvalue weighted by Crippen LogP contribution is -2.35. The third-order valence-corrected chi connectivity index (χ3v) is 5.41. The number of hydrogen-bond donors (Lipinski definition) is 2. The molecular formula is C20H22N4O. The second-order valence-electron chi connectivity index (χ2n) is 7.45. The summed E-state index contributed by atoms with van der Waals surface area (Å²) in [5.41, 5.74) is 4.41. The molecule has 0 amide bonds. The maximum Gasteiger partial charge on any atom is 0.254 e. The van der Waals surface area contributed by atoms with Gasteiger partial charge in [0.2, 0.25) is 0 Å². The van der Waals surface area contributed by atoms with Crippen molar-refractivity contribution in [3.63, 3.8) is 0 Å². The fourth-order valence-corrected chi connectivity index (χ4v) is 3.82. The van der Waals surface area contributed by atoms with Crippen molar-refractivity contribution in [2.45, 2.75) is 38.8 Å². The largest absolute Gasteiger partial charge is 0.361 e. The van der Waals surface area contributed by atoms with Crippen LogP contribution in [0.25, 0.3) is 10.9 Å². The first kappa shape index (κ1) is 14.9. The van der Waals surface area contributed by atoms with Crippen LogP contribution in [-0.4, -0.2) is 26.4 Å². The van der Waals surface area contributed by atoms with E-state index in [0.29, 0.717) is 0 Å². The molecular weight excluding hydrogens is 312 g/mol. The van der Waals surface area contributed by atoms with Gasteiger partial charge in [0.05, 0.1) is 5.69 Å². The first-order valence-corrected chi connectivity index (χ1v) is 9.14. The molecule has 1 aromatic carbocycles. The Morgan fingerprint density at radius 1 is 1.24 bits per heavy atom. The molecule has 0 saturated heterocycles. The number of rotatable bonds is 4. The normalized spacial score (nSPS) is 17.8. The quantitative estimate of drug-likeness (QED) is 0.771. The Hall–Kier alpha value is -2.40. The average molecular weight is 334 g/mol. The fraction of sp³-hybridized carbons (Fsp3) is 0.400. The number of benzene rings is 1. The highest BCUT2D eigenvalue weighted by molar-refractivity contribution is 5.79. The summed E-state index contributed by atoms with van der Waals surface area (Å²) in [4.78, 5) is 25.8. The number of fused-ring (bicyclic) bond motifs is 2. The molecule has 2 aliphatic rings. The predicted molar refractivity (Wildman–Crippen MR) is 97.4 cm³/mol. The van der Waals surface area contributed by atoms with E-state index >= 15 is 0 Å². The monoisotopic (exact) mass is 334 g/mol. The second kappa shape index (κ2) is 5.85. The first-order chi connectivity index (χ1) is 12.2. The van der Waals surface area contributed by atoms with Crippen LogP contribution in [0, 0.1) is 5.92 Å². The predicted octanol–water partition coefficient (Wildman–Crippen LogP) is 2.76. The Labute approximate surface area is 146 Å². The maximum atomic E-state index is 12.4. The lowest BCUT2D eigenvalue weighted by atomic mass is 10.0. The maximum absolute atomic E-state index is 12.4. The van der Waals surface area contributed by atoms with Crippen molar-refractivity contribution in [1.82, 2.24) is 19.9 Å². The van der Waals surface area contributed by atoms with Gasteiger partial charge in [-0.05, 0) is 48.3 Å². The van der Waals surface area contributed by atoms with Crippen molar-refractivity contribution in [3.8, 4) is 0 Å². The van der Waals surface area contributed by atoms with Crippen LogP contribution in [0.5, 0.6) is 0 Å². The Bertz CT molecular complexity index is 983. The van der Waals surface area contributed by atoms with E-state index in [2.05, 4.69) is 39.1 Å². The van der Waals surface area contributed by atoms with Gasteiger partial charge < -0.3 is 9.97 Å². The van der Waals surface area contributed by atoms with Gasteiger partial charge in [0, 0.05) is 43.3 Å². The zero-order chi connectivity index (χ0) is 16.8. The molecule has 0 bridgehead atoms. The first-order valence-electron chi connectivity index (χ1n) is 9.14. The topological polar surface area (TPSA) is 64.8 Å². The van der Waals surface area contributed by atoms with Gasteiger partial charge in [0.1, 0.15) is 5.82 Å². The number of hydrogen-bond acceptors (Lipinski definition) is 3. The molecule has 3 aromatic rings. The molecule has 1 saturated carbocycles. The van der Waals surface area contributed by atoms with Crippen LogP contribution < -0.4 is 5.56 Å². The number of nitrogens with zero attached hydrogens (tertiary/aromatic N) is 2. The number of H-pyrrole nitrogens is 2. The molecule has 1 aliphatic heterocycles. The molecule has 5 nitrogen and oxygen atoms in total. The Balaban J connectivity index is 1.37. The zero-order valence-electron chi connectivity index (χ0n) is 14.2. The van der Waals surface area contributed by atoms with E-state index in [-0.39, 0.29) is 5.56 Å². The molecule has 0 spiro atoms.